The van der Waals surface area contributed by atoms with Crippen molar-refractivity contribution in [1.82, 2.24) is 0 Å². The van der Waals surface area contributed by atoms with E-state index in [2.05, 4.69) is 6.92 Å². The van der Waals surface area contributed by atoms with Gasteiger partial charge in [0.05, 0.1) is 18.2 Å². The number of hydrogen-bond donors (Lipinski definition) is 1. The van der Waals surface area contributed by atoms with Gasteiger partial charge in [-0.05, 0) is 67.4 Å². The van der Waals surface area contributed by atoms with E-state index in [1.54, 1.807) is 24.3 Å². The van der Waals surface area contributed by atoms with E-state index in [0.29, 0.717) is 23.6 Å². The molecule has 37 heavy (non-hydrogen) atoms. The predicted molar refractivity (Wildman–Crippen MR) is 148 cm³/mol. The van der Waals surface area contributed by atoms with E-state index in [-0.39, 0.29) is 11.3 Å². The van der Waals surface area contributed by atoms with Crippen LogP contribution in [-0.4, -0.2) is 37.5 Å². The molecular weight excluding hydrogens is 464 g/mol. The Labute approximate surface area is 218 Å². The number of anilines is 2. The zero-order chi connectivity index (χ0) is 26.5. The van der Waals surface area contributed by atoms with Gasteiger partial charge in [0.2, 0.25) is 0 Å². The molecule has 0 spiro atoms. The molecule has 1 aliphatic rings. The first-order valence-corrected chi connectivity index (χ1v) is 12.7. The summed E-state index contributed by atoms with van der Waals surface area (Å²) in [5.41, 5.74) is 3.90. The third-order valence-corrected chi connectivity index (χ3v) is 6.63. The maximum atomic E-state index is 13.4. The second-order valence-electron chi connectivity index (χ2n) is 9.57. The van der Waals surface area contributed by atoms with Gasteiger partial charge in [-0.1, -0.05) is 49.6 Å². The van der Waals surface area contributed by atoms with Gasteiger partial charge in [0, 0.05) is 31.0 Å². The molecule has 0 aromatic heterocycles. The number of benzene rings is 3. The van der Waals surface area contributed by atoms with Crippen molar-refractivity contribution in [2.24, 2.45) is 0 Å². The molecule has 192 valence electrons. The van der Waals surface area contributed by atoms with E-state index < -0.39 is 17.7 Å². The van der Waals surface area contributed by atoms with E-state index in [1.807, 2.05) is 74.4 Å². The van der Waals surface area contributed by atoms with Crippen LogP contribution < -0.4 is 14.5 Å². The number of aliphatic hydroxyl groups is 1. The molecule has 3 aromatic carbocycles. The van der Waals surface area contributed by atoms with Crippen molar-refractivity contribution in [3.8, 4) is 5.75 Å². The van der Waals surface area contributed by atoms with Gasteiger partial charge in [0.25, 0.3) is 11.7 Å². The van der Waals surface area contributed by atoms with E-state index >= 15 is 0 Å². The first-order chi connectivity index (χ1) is 17.8. The number of aliphatic hydroxyl groups excluding tert-OH is 1. The molecule has 6 nitrogen and oxygen atoms in total. The van der Waals surface area contributed by atoms with E-state index in [4.69, 9.17) is 4.74 Å². The highest BCUT2D eigenvalue weighted by atomic mass is 16.5. The highest BCUT2D eigenvalue weighted by Gasteiger charge is 2.46. The number of hydrogen-bond acceptors (Lipinski definition) is 5. The molecule has 0 saturated carbocycles. The molecule has 3 aromatic rings. The number of aryl methyl sites for hydroxylation is 1. The largest absolute Gasteiger partial charge is 0.507 e. The SMILES string of the molecule is CCCCCOc1ccc(/C(O)=C2/C(=O)C(=O)N(c3ccc(C)cc3)C2c2ccc(N(C)C)cc2)cc1. The van der Waals surface area contributed by atoms with Crippen LogP contribution in [0.5, 0.6) is 5.75 Å². The molecule has 1 amide bonds. The molecule has 1 aliphatic heterocycles. The summed E-state index contributed by atoms with van der Waals surface area (Å²) in [7, 11) is 3.90. The number of ether oxygens (including phenoxy) is 1. The Balaban J connectivity index is 1.76. The molecule has 0 aliphatic carbocycles. The number of amides is 1. The Kier molecular flexibility index (Phi) is 7.97. The normalized spacial score (nSPS) is 16.8. The molecule has 1 fully saturated rings. The molecule has 1 saturated heterocycles. The number of rotatable bonds is 9. The Morgan fingerprint density at radius 3 is 2.16 bits per heavy atom. The Bertz CT molecular complexity index is 1280. The number of carbonyl (C=O) groups excluding carboxylic acids is 2. The first-order valence-electron chi connectivity index (χ1n) is 12.7. The first kappa shape index (κ1) is 26.0. The maximum absolute atomic E-state index is 13.4. The van der Waals surface area contributed by atoms with Gasteiger partial charge in [0.15, 0.2) is 0 Å². The van der Waals surface area contributed by atoms with Crippen LogP contribution in [0.3, 0.4) is 0 Å². The van der Waals surface area contributed by atoms with Crippen molar-refractivity contribution in [3.63, 3.8) is 0 Å². The van der Waals surface area contributed by atoms with E-state index in [0.717, 1.165) is 36.1 Å². The van der Waals surface area contributed by atoms with E-state index in [1.165, 1.54) is 4.90 Å². The van der Waals surface area contributed by atoms with Gasteiger partial charge in [-0.25, -0.2) is 0 Å². The summed E-state index contributed by atoms with van der Waals surface area (Å²) in [6, 6.07) is 21.4. The van der Waals surface area contributed by atoms with Crippen molar-refractivity contribution in [3.05, 3.63) is 95.1 Å². The highest BCUT2D eigenvalue weighted by Crippen LogP contribution is 2.42. The van der Waals surface area contributed by atoms with Crippen LogP contribution in [0.1, 0.15) is 48.9 Å². The van der Waals surface area contributed by atoms with Gasteiger partial charge in [-0.15, -0.1) is 0 Å². The summed E-state index contributed by atoms with van der Waals surface area (Å²) in [4.78, 5) is 30.1. The molecule has 1 heterocycles. The number of unbranched alkanes of at least 4 members (excludes halogenated alkanes) is 2. The van der Waals surface area contributed by atoms with E-state index in [9.17, 15) is 14.7 Å². The monoisotopic (exact) mass is 498 g/mol. The number of carbonyl (C=O) groups is 2. The number of nitrogens with zero attached hydrogens (tertiary/aromatic N) is 2. The lowest BCUT2D eigenvalue weighted by Crippen LogP contribution is -2.29. The highest BCUT2D eigenvalue weighted by molar-refractivity contribution is 6.51. The summed E-state index contributed by atoms with van der Waals surface area (Å²) in [5, 5.41) is 11.4. The lowest BCUT2D eigenvalue weighted by atomic mass is 9.95. The Hall–Kier alpha value is -4.06. The van der Waals surface area contributed by atoms with Crippen molar-refractivity contribution in [1.29, 1.82) is 0 Å². The van der Waals surface area contributed by atoms with Gasteiger partial charge < -0.3 is 14.7 Å². The number of ketones is 1. The fraction of sp³-hybridized carbons (Fsp3) is 0.290. The third kappa shape index (κ3) is 5.53. The van der Waals surface area contributed by atoms with Crippen molar-refractivity contribution in [2.75, 3.05) is 30.5 Å². The quantitative estimate of drug-likeness (QED) is 0.163. The zero-order valence-electron chi connectivity index (χ0n) is 21.9. The maximum Gasteiger partial charge on any atom is 0.300 e. The minimum Gasteiger partial charge on any atom is -0.507 e. The summed E-state index contributed by atoms with van der Waals surface area (Å²) in [6.45, 7) is 4.74. The molecular formula is C31H34N2O4. The van der Waals surface area contributed by atoms with Crippen molar-refractivity contribution >= 4 is 28.8 Å². The fourth-order valence-electron chi connectivity index (χ4n) is 4.48. The average Bonchev–Trinajstić information content (AvgIpc) is 3.17. The molecule has 1 N–H and O–H groups in total. The smallest absolute Gasteiger partial charge is 0.300 e. The van der Waals surface area contributed by atoms with Crippen LogP contribution in [0.4, 0.5) is 11.4 Å². The van der Waals surface area contributed by atoms with Crippen LogP contribution in [0, 0.1) is 6.92 Å². The second-order valence-corrected chi connectivity index (χ2v) is 9.57. The topological polar surface area (TPSA) is 70.1 Å². The summed E-state index contributed by atoms with van der Waals surface area (Å²) < 4.78 is 5.78. The molecule has 1 atom stereocenters. The molecule has 1 unspecified atom stereocenters. The third-order valence-electron chi connectivity index (χ3n) is 6.63. The van der Waals surface area contributed by atoms with Crippen LogP contribution in [0.2, 0.25) is 0 Å². The van der Waals surface area contributed by atoms with Crippen LogP contribution in [0.15, 0.2) is 78.4 Å². The van der Waals surface area contributed by atoms with Crippen LogP contribution in [-0.2, 0) is 9.59 Å². The Morgan fingerprint density at radius 2 is 1.57 bits per heavy atom. The number of Topliss-reactive ketones (excluding diaryl/α,β-unsaturated/α-hetero) is 1. The summed E-state index contributed by atoms with van der Waals surface area (Å²) in [5.74, 6) is -0.876. The van der Waals surface area contributed by atoms with Crippen LogP contribution >= 0.6 is 0 Å². The lowest BCUT2D eigenvalue weighted by molar-refractivity contribution is -0.132. The van der Waals surface area contributed by atoms with Crippen LogP contribution in [0.25, 0.3) is 5.76 Å². The minimum absolute atomic E-state index is 0.0693. The van der Waals surface area contributed by atoms with Gasteiger partial charge in [0.1, 0.15) is 11.5 Å². The Morgan fingerprint density at radius 1 is 0.919 bits per heavy atom. The molecule has 0 radical (unpaired) electrons. The lowest BCUT2D eigenvalue weighted by Gasteiger charge is -2.26. The van der Waals surface area contributed by atoms with Crippen molar-refractivity contribution < 1.29 is 19.4 Å². The molecule has 4 rings (SSSR count). The standard InChI is InChI=1S/C31H34N2O4/c1-5-6-7-20-37-26-18-12-23(13-19-26)29(34)27-28(22-10-16-24(17-11-22)32(3)4)33(31(36)30(27)35)25-14-8-21(2)9-15-25/h8-19,28,34H,5-7,20H2,1-4H3/b29-27-. The summed E-state index contributed by atoms with van der Waals surface area (Å²) in [6.07, 6.45) is 3.21. The molecule has 6 heteroatoms. The predicted octanol–water partition coefficient (Wildman–Crippen LogP) is 6.26. The van der Waals surface area contributed by atoms with Gasteiger partial charge in [-0.2, -0.15) is 0 Å². The van der Waals surface area contributed by atoms with Gasteiger partial charge in [-0.3, -0.25) is 14.5 Å². The average molecular weight is 499 g/mol. The second kappa shape index (κ2) is 11.3. The zero-order valence-corrected chi connectivity index (χ0v) is 21.9. The van der Waals surface area contributed by atoms with Crippen molar-refractivity contribution in [2.45, 2.75) is 39.2 Å². The van der Waals surface area contributed by atoms with Gasteiger partial charge >= 0.3 is 0 Å². The minimum atomic E-state index is -0.760. The summed E-state index contributed by atoms with van der Waals surface area (Å²) >= 11 is 0. The molecule has 0 bridgehead atoms. The fourth-order valence-corrected chi connectivity index (χ4v) is 4.48.